The molecule has 1 amide bonds. The Kier molecular flexibility index (Phi) is 5.09. The molecule has 0 N–H and O–H groups in total. The second-order valence-corrected chi connectivity index (χ2v) is 6.53. The third-order valence-electron chi connectivity index (χ3n) is 4.69. The monoisotopic (exact) mass is 377 g/mol. The largest absolute Gasteiger partial charge is 0.444 e. The number of hydrogen-bond donors (Lipinski definition) is 0. The summed E-state index contributed by atoms with van der Waals surface area (Å²) in [5.41, 5.74) is 1.74. The average Bonchev–Trinajstić information content (AvgIpc) is 3.46. The molecule has 1 fully saturated rings. The molecule has 1 aliphatic heterocycles. The van der Waals surface area contributed by atoms with E-state index in [2.05, 4.69) is 15.5 Å². The van der Waals surface area contributed by atoms with Crippen molar-refractivity contribution in [2.45, 2.75) is 18.9 Å². The van der Waals surface area contributed by atoms with E-state index in [1.807, 2.05) is 18.2 Å². The Morgan fingerprint density at radius 2 is 1.68 bits per heavy atom. The van der Waals surface area contributed by atoms with Crippen molar-refractivity contribution >= 4 is 11.9 Å². The summed E-state index contributed by atoms with van der Waals surface area (Å²) in [6, 6.07) is 15.8. The maximum atomic E-state index is 12.9. The van der Waals surface area contributed by atoms with Gasteiger partial charge in [-0.05, 0) is 47.5 Å². The highest BCUT2D eigenvalue weighted by molar-refractivity contribution is 5.93. The van der Waals surface area contributed by atoms with Crippen molar-refractivity contribution in [3.05, 3.63) is 72.1 Å². The Bertz CT molecular complexity index is 936. The topological polar surface area (TPSA) is 90.2 Å². The summed E-state index contributed by atoms with van der Waals surface area (Å²) in [5, 5.41) is 11.0. The van der Waals surface area contributed by atoms with Crippen LogP contribution in [-0.2, 0) is 9.53 Å². The van der Waals surface area contributed by atoms with E-state index in [0.29, 0.717) is 29.9 Å². The molecule has 3 aromatic rings. The first-order chi connectivity index (χ1) is 13.7. The van der Waals surface area contributed by atoms with Crippen molar-refractivity contribution in [2.24, 2.45) is 0 Å². The molecule has 1 saturated heterocycles. The maximum absolute atomic E-state index is 12.9. The highest BCUT2D eigenvalue weighted by Gasteiger charge is 2.31. The minimum Gasteiger partial charge on any atom is -0.444 e. The van der Waals surface area contributed by atoms with Crippen LogP contribution in [0.2, 0.25) is 0 Å². The molecule has 0 spiro atoms. The maximum Gasteiger partial charge on any atom is 0.339 e. The van der Waals surface area contributed by atoms with Gasteiger partial charge in [0.15, 0.2) is 0 Å². The third kappa shape index (κ3) is 3.75. The van der Waals surface area contributed by atoms with E-state index < -0.39 is 12.1 Å². The number of hydrogen-bond acceptors (Lipinski definition) is 6. The second-order valence-electron chi connectivity index (χ2n) is 6.53. The molecule has 0 saturated carbocycles. The number of tetrazole rings is 1. The molecule has 28 heavy (non-hydrogen) atoms. The first kappa shape index (κ1) is 17.8. The lowest BCUT2D eigenvalue weighted by Gasteiger charge is -2.23. The van der Waals surface area contributed by atoms with Crippen LogP contribution >= 0.6 is 0 Å². The van der Waals surface area contributed by atoms with Gasteiger partial charge in [-0.25, -0.2) is 9.48 Å². The van der Waals surface area contributed by atoms with E-state index in [1.165, 1.54) is 11.0 Å². The number of benzene rings is 2. The fraction of sp³-hybridized carbons (Fsp3) is 0.250. The number of ether oxygens (including phenoxy) is 1. The molecular formula is C20H19N5O3. The Morgan fingerprint density at radius 3 is 2.32 bits per heavy atom. The van der Waals surface area contributed by atoms with E-state index in [0.717, 1.165) is 12.8 Å². The molecule has 2 aromatic carbocycles. The van der Waals surface area contributed by atoms with Gasteiger partial charge >= 0.3 is 5.97 Å². The van der Waals surface area contributed by atoms with E-state index in [4.69, 9.17) is 4.74 Å². The SMILES string of the molecule is O=C(O[C@H](C(=O)N1CCCC1)c1ccccc1)c1ccc(-n2cnnn2)cc1. The van der Waals surface area contributed by atoms with E-state index in [9.17, 15) is 9.59 Å². The molecule has 0 radical (unpaired) electrons. The van der Waals surface area contributed by atoms with Gasteiger partial charge < -0.3 is 9.64 Å². The van der Waals surface area contributed by atoms with E-state index in [1.54, 1.807) is 41.3 Å². The lowest BCUT2D eigenvalue weighted by atomic mass is 10.1. The first-order valence-corrected chi connectivity index (χ1v) is 9.10. The van der Waals surface area contributed by atoms with Gasteiger partial charge in [-0.3, -0.25) is 4.79 Å². The third-order valence-corrected chi connectivity index (χ3v) is 4.69. The van der Waals surface area contributed by atoms with Crippen LogP contribution in [0.5, 0.6) is 0 Å². The minimum atomic E-state index is -0.953. The molecule has 8 heteroatoms. The van der Waals surface area contributed by atoms with Gasteiger partial charge in [0.25, 0.3) is 5.91 Å². The Morgan fingerprint density at radius 1 is 0.964 bits per heavy atom. The van der Waals surface area contributed by atoms with Crippen LogP contribution in [-0.4, -0.2) is 50.1 Å². The zero-order chi connectivity index (χ0) is 19.3. The number of esters is 1. The molecular weight excluding hydrogens is 358 g/mol. The standard InChI is InChI=1S/C20H19N5O3/c26-19(24-12-4-5-13-24)18(15-6-2-1-3-7-15)28-20(27)16-8-10-17(11-9-16)25-14-21-22-23-25/h1-3,6-11,14,18H,4-5,12-13H2/t18-/m0/s1. The summed E-state index contributed by atoms with van der Waals surface area (Å²) in [7, 11) is 0. The van der Waals surface area contributed by atoms with Crippen molar-refractivity contribution < 1.29 is 14.3 Å². The number of nitrogens with zero attached hydrogens (tertiary/aromatic N) is 5. The highest BCUT2D eigenvalue weighted by Crippen LogP contribution is 2.24. The van der Waals surface area contributed by atoms with Gasteiger partial charge in [0.2, 0.25) is 6.10 Å². The van der Waals surface area contributed by atoms with Crippen LogP contribution in [0.4, 0.5) is 0 Å². The second kappa shape index (κ2) is 7.99. The smallest absolute Gasteiger partial charge is 0.339 e. The van der Waals surface area contributed by atoms with E-state index >= 15 is 0 Å². The molecule has 0 aliphatic carbocycles. The molecule has 4 rings (SSSR count). The lowest BCUT2D eigenvalue weighted by molar-refractivity contribution is -0.140. The number of carbonyl (C=O) groups excluding carboxylic acids is 2. The zero-order valence-corrected chi connectivity index (χ0v) is 15.1. The van der Waals surface area contributed by atoms with Crippen molar-refractivity contribution in [1.29, 1.82) is 0 Å². The van der Waals surface area contributed by atoms with Crippen molar-refractivity contribution in [3.8, 4) is 5.69 Å². The Labute approximate surface area is 161 Å². The van der Waals surface area contributed by atoms with Crippen LogP contribution in [0.1, 0.15) is 34.9 Å². The summed E-state index contributed by atoms with van der Waals surface area (Å²) in [4.78, 5) is 27.4. The number of likely N-dealkylation sites (tertiary alicyclic amines) is 1. The molecule has 142 valence electrons. The average molecular weight is 377 g/mol. The van der Waals surface area contributed by atoms with E-state index in [-0.39, 0.29) is 5.91 Å². The molecule has 1 aromatic heterocycles. The molecule has 1 atom stereocenters. The molecule has 0 bridgehead atoms. The Hall–Kier alpha value is -3.55. The first-order valence-electron chi connectivity index (χ1n) is 9.10. The van der Waals surface area contributed by atoms with Gasteiger partial charge in [-0.15, -0.1) is 5.10 Å². The molecule has 8 nitrogen and oxygen atoms in total. The van der Waals surface area contributed by atoms with Gasteiger partial charge in [0.05, 0.1) is 11.3 Å². The predicted octanol–water partition coefficient (Wildman–Crippen LogP) is 2.18. The summed E-state index contributed by atoms with van der Waals surface area (Å²) in [5.74, 6) is -0.730. The zero-order valence-electron chi connectivity index (χ0n) is 15.1. The molecule has 0 unspecified atom stereocenters. The van der Waals surface area contributed by atoms with Crippen molar-refractivity contribution in [3.63, 3.8) is 0 Å². The van der Waals surface area contributed by atoms with Crippen LogP contribution in [0.25, 0.3) is 5.69 Å². The number of carbonyl (C=O) groups is 2. The summed E-state index contributed by atoms with van der Waals surface area (Å²) >= 11 is 0. The van der Waals surface area contributed by atoms with Gasteiger partial charge in [0.1, 0.15) is 6.33 Å². The van der Waals surface area contributed by atoms with Crippen LogP contribution in [0.15, 0.2) is 60.9 Å². The fourth-order valence-electron chi connectivity index (χ4n) is 3.20. The fourth-order valence-corrected chi connectivity index (χ4v) is 3.20. The summed E-state index contributed by atoms with van der Waals surface area (Å²) in [6.07, 6.45) is 2.46. The number of rotatable bonds is 5. The predicted molar refractivity (Wildman–Crippen MR) is 99.6 cm³/mol. The normalized spacial score (nSPS) is 14.6. The summed E-state index contributed by atoms with van der Waals surface area (Å²) < 4.78 is 7.14. The van der Waals surface area contributed by atoms with Crippen molar-refractivity contribution in [1.82, 2.24) is 25.1 Å². The van der Waals surface area contributed by atoms with Gasteiger partial charge in [0, 0.05) is 18.7 Å². The Balaban J connectivity index is 1.54. The van der Waals surface area contributed by atoms with Gasteiger partial charge in [-0.1, -0.05) is 30.3 Å². The van der Waals surface area contributed by atoms with Crippen LogP contribution in [0, 0.1) is 0 Å². The van der Waals surface area contributed by atoms with Crippen LogP contribution in [0.3, 0.4) is 0 Å². The quantitative estimate of drug-likeness (QED) is 0.633. The van der Waals surface area contributed by atoms with Crippen molar-refractivity contribution in [2.75, 3.05) is 13.1 Å². The highest BCUT2D eigenvalue weighted by atomic mass is 16.5. The summed E-state index contributed by atoms with van der Waals surface area (Å²) in [6.45, 7) is 1.39. The van der Waals surface area contributed by atoms with Gasteiger partial charge in [-0.2, -0.15) is 0 Å². The molecule has 1 aliphatic rings. The lowest BCUT2D eigenvalue weighted by Crippen LogP contribution is -2.34. The number of aromatic nitrogens is 4. The molecule has 2 heterocycles. The number of amides is 1. The minimum absolute atomic E-state index is 0.178. The van der Waals surface area contributed by atoms with Crippen LogP contribution < -0.4 is 0 Å².